The van der Waals surface area contributed by atoms with E-state index in [-0.39, 0.29) is 0 Å². The molecule has 0 aromatic heterocycles. The first-order chi connectivity index (χ1) is 11.8. The van der Waals surface area contributed by atoms with Crippen LogP contribution in [0.3, 0.4) is 0 Å². The molecule has 5 nitrogen and oxygen atoms in total. The molecular formula is C19H33N5. The van der Waals surface area contributed by atoms with E-state index in [0.29, 0.717) is 12.0 Å². The van der Waals surface area contributed by atoms with E-state index in [2.05, 4.69) is 53.1 Å². The molecule has 0 saturated carbocycles. The Labute approximate surface area is 146 Å². The van der Waals surface area contributed by atoms with E-state index >= 15 is 0 Å². The molecule has 0 bridgehead atoms. The van der Waals surface area contributed by atoms with E-state index in [4.69, 9.17) is 5.73 Å². The van der Waals surface area contributed by atoms with E-state index in [1.165, 1.54) is 24.0 Å². The van der Waals surface area contributed by atoms with Crippen LogP contribution in [0.25, 0.3) is 0 Å². The number of piperidine rings is 1. The second-order valence-electron chi connectivity index (χ2n) is 6.46. The van der Waals surface area contributed by atoms with Gasteiger partial charge in [-0.1, -0.05) is 25.5 Å². The molecule has 1 atom stereocenters. The molecular weight excluding hydrogens is 298 g/mol. The summed E-state index contributed by atoms with van der Waals surface area (Å²) in [6.07, 6.45) is 14.6. The fourth-order valence-corrected chi connectivity index (χ4v) is 3.31. The molecule has 4 N–H and O–H groups in total. The number of nitrogens with one attached hydrogen (secondary N) is 2. The second-order valence-corrected chi connectivity index (χ2v) is 6.46. The SMILES string of the molecule is CCC(/C=C\N)=C(\CC)CNCC1C=CN(C2CCNCC2)N=C1. The molecule has 0 spiro atoms. The van der Waals surface area contributed by atoms with E-state index in [1.54, 1.807) is 6.20 Å². The van der Waals surface area contributed by atoms with E-state index in [9.17, 15) is 0 Å². The molecule has 0 amide bonds. The molecule has 0 radical (unpaired) electrons. The van der Waals surface area contributed by atoms with Gasteiger partial charge in [0.2, 0.25) is 0 Å². The van der Waals surface area contributed by atoms with E-state index < -0.39 is 0 Å². The molecule has 24 heavy (non-hydrogen) atoms. The average molecular weight is 332 g/mol. The molecule has 134 valence electrons. The molecule has 0 aromatic carbocycles. The van der Waals surface area contributed by atoms with Gasteiger partial charge in [-0.05, 0) is 56.6 Å². The first-order valence-electron chi connectivity index (χ1n) is 9.29. The summed E-state index contributed by atoms with van der Waals surface area (Å²) >= 11 is 0. The summed E-state index contributed by atoms with van der Waals surface area (Å²) in [7, 11) is 0. The van der Waals surface area contributed by atoms with Crippen molar-refractivity contribution in [2.24, 2.45) is 16.8 Å². The van der Waals surface area contributed by atoms with Gasteiger partial charge in [-0.2, -0.15) is 5.10 Å². The van der Waals surface area contributed by atoms with Crippen LogP contribution in [0.2, 0.25) is 0 Å². The molecule has 2 aliphatic heterocycles. The van der Waals surface area contributed by atoms with Crippen LogP contribution in [0.1, 0.15) is 39.5 Å². The van der Waals surface area contributed by atoms with Crippen LogP contribution in [-0.2, 0) is 0 Å². The first kappa shape index (κ1) is 18.7. The lowest BCUT2D eigenvalue weighted by Gasteiger charge is -2.32. The number of hydrogen-bond donors (Lipinski definition) is 3. The Kier molecular flexibility index (Phi) is 8.05. The minimum absolute atomic E-state index is 0.371. The van der Waals surface area contributed by atoms with Crippen LogP contribution in [0.5, 0.6) is 0 Å². The van der Waals surface area contributed by atoms with Crippen LogP contribution in [0.15, 0.2) is 40.8 Å². The number of allylic oxidation sites excluding steroid dienone is 2. The highest BCUT2D eigenvalue weighted by molar-refractivity contribution is 5.64. The number of rotatable bonds is 8. The van der Waals surface area contributed by atoms with Crippen molar-refractivity contribution in [1.82, 2.24) is 15.6 Å². The summed E-state index contributed by atoms with van der Waals surface area (Å²) in [5, 5.41) is 13.8. The number of hydrazone groups is 1. The average Bonchev–Trinajstić information content (AvgIpc) is 2.65. The Morgan fingerprint density at radius 3 is 2.71 bits per heavy atom. The largest absolute Gasteiger partial charge is 0.405 e. The Morgan fingerprint density at radius 2 is 2.12 bits per heavy atom. The maximum absolute atomic E-state index is 5.55. The molecule has 2 aliphatic rings. The first-order valence-corrected chi connectivity index (χ1v) is 9.29. The molecule has 0 aliphatic carbocycles. The van der Waals surface area contributed by atoms with Crippen molar-refractivity contribution in [1.29, 1.82) is 0 Å². The van der Waals surface area contributed by atoms with Crippen molar-refractivity contribution in [3.63, 3.8) is 0 Å². The number of nitrogens with two attached hydrogens (primary N) is 1. The van der Waals surface area contributed by atoms with Gasteiger partial charge in [-0.3, -0.25) is 5.01 Å². The van der Waals surface area contributed by atoms with Crippen molar-refractivity contribution in [3.8, 4) is 0 Å². The monoisotopic (exact) mass is 331 g/mol. The maximum atomic E-state index is 5.55. The zero-order valence-corrected chi connectivity index (χ0v) is 15.2. The summed E-state index contributed by atoms with van der Waals surface area (Å²) in [5.74, 6) is 0.371. The van der Waals surface area contributed by atoms with Crippen LogP contribution >= 0.6 is 0 Å². The molecule has 1 unspecified atom stereocenters. The quantitative estimate of drug-likeness (QED) is 0.597. The van der Waals surface area contributed by atoms with Crippen LogP contribution < -0.4 is 16.4 Å². The summed E-state index contributed by atoms with van der Waals surface area (Å²) in [5.41, 5.74) is 8.33. The van der Waals surface area contributed by atoms with Crippen molar-refractivity contribution in [3.05, 3.63) is 35.7 Å². The summed E-state index contributed by atoms with van der Waals surface area (Å²) in [4.78, 5) is 0. The van der Waals surface area contributed by atoms with Gasteiger partial charge in [-0.15, -0.1) is 0 Å². The Balaban J connectivity index is 1.78. The summed E-state index contributed by atoms with van der Waals surface area (Å²) in [6, 6.07) is 0.553. The van der Waals surface area contributed by atoms with Crippen LogP contribution in [0.4, 0.5) is 0 Å². The highest BCUT2D eigenvalue weighted by atomic mass is 15.5. The van der Waals surface area contributed by atoms with Gasteiger partial charge >= 0.3 is 0 Å². The van der Waals surface area contributed by atoms with Gasteiger partial charge in [-0.25, -0.2) is 0 Å². The van der Waals surface area contributed by atoms with Gasteiger partial charge in [0.15, 0.2) is 0 Å². The molecule has 5 heteroatoms. The van der Waals surface area contributed by atoms with Gasteiger partial charge in [0.25, 0.3) is 0 Å². The molecule has 2 heterocycles. The lowest BCUT2D eigenvalue weighted by Crippen LogP contribution is -2.39. The fourth-order valence-electron chi connectivity index (χ4n) is 3.31. The minimum Gasteiger partial charge on any atom is -0.405 e. The lowest BCUT2D eigenvalue weighted by molar-refractivity contribution is 0.230. The maximum Gasteiger partial charge on any atom is 0.0543 e. The van der Waals surface area contributed by atoms with Gasteiger partial charge in [0.05, 0.1) is 6.04 Å². The standard InChI is InChI=1S/C19H33N5/c1-3-17(5-9-20)18(4-2)15-22-13-16-8-12-24(23-14-16)19-6-10-21-11-7-19/h5,8-9,12,14,16,19,21-22H,3-4,6-7,10-11,13,15,20H2,1-2H3/b9-5-,18-17-. The third kappa shape index (κ3) is 5.49. The van der Waals surface area contributed by atoms with Gasteiger partial charge < -0.3 is 16.4 Å². The lowest BCUT2D eigenvalue weighted by atomic mass is 10.0. The second kappa shape index (κ2) is 10.3. The highest BCUT2D eigenvalue weighted by Crippen LogP contribution is 2.17. The van der Waals surface area contributed by atoms with Crippen molar-refractivity contribution in [2.75, 3.05) is 26.2 Å². The smallest absolute Gasteiger partial charge is 0.0543 e. The predicted molar refractivity (Wildman–Crippen MR) is 103 cm³/mol. The molecule has 1 saturated heterocycles. The van der Waals surface area contributed by atoms with Crippen LogP contribution in [-0.4, -0.2) is 43.4 Å². The van der Waals surface area contributed by atoms with Gasteiger partial charge in [0.1, 0.15) is 0 Å². The Bertz CT molecular complexity index is 472. The topological polar surface area (TPSA) is 65.7 Å². The zero-order valence-electron chi connectivity index (χ0n) is 15.2. The Morgan fingerprint density at radius 1 is 1.33 bits per heavy atom. The molecule has 0 aromatic rings. The summed E-state index contributed by atoms with van der Waals surface area (Å²) in [6.45, 7) is 8.41. The van der Waals surface area contributed by atoms with Gasteiger partial charge in [0, 0.05) is 31.4 Å². The fraction of sp³-hybridized carbons (Fsp3) is 0.632. The zero-order chi connectivity index (χ0) is 17.2. The predicted octanol–water partition coefficient (Wildman–Crippen LogP) is 2.35. The molecule has 1 fully saturated rings. The van der Waals surface area contributed by atoms with Crippen molar-refractivity contribution < 1.29 is 0 Å². The normalized spacial score (nSPS) is 23.1. The number of nitrogens with zero attached hydrogens (tertiary/aromatic N) is 2. The van der Waals surface area contributed by atoms with E-state index in [0.717, 1.165) is 39.0 Å². The highest BCUT2D eigenvalue weighted by Gasteiger charge is 2.20. The summed E-state index contributed by atoms with van der Waals surface area (Å²) < 4.78 is 0. The van der Waals surface area contributed by atoms with Crippen molar-refractivity contribution in [2.45, 2.75) is 45.6 Å². The van der Waals surface area contributed by atoms with Crippen LogP contribution in [0, 0.1) is 5.92 Å². The number of hydrogen-bond acceptors (Lipinski definition) is 5. The Hall–Kier alpha value is -1.59. The third-order valence-corrected chi connectivity index (χ3v) is 4.84. The minimum atomic E-state index is 0.371. The van der Waals surface area contributed by atoms with Crippen molar-refractivity contribution >= 4 is 6.21 Å². The third-order valence-electron chi connectivity index (χ3n) is 4.84. The van der Waals surface area contributed by atoms with E-state index in [1.807, 2.05) is 6.08 Å². The molecule has 2 rings (SSSR count).